The van der Waals surface area contributed by atoms with Crippen molar-refractivity contribution in [3.05, 3.63) is 44.2 Å². The second kappa shape index (κ2) is 14.0. The van der Waals surface area contributed by atoms with Crippen LogP contribution in [0.1, 0.15) is 47.8 Å². The van der Waals surface area contributed by atoms with Crippen LogP contribution in [0.2, 0.25) is 10.0 Å². The number of rotatable bonds is 12. The molecule has 1 saturated heterocycles. The standard InChI is InChI=1S/C26H34Cl2N6O2S2/c1-3-4-8-33(2)15-22-23(21-13-18(27)16-37-21)31-26(38-22)32-25(36)17-12-20(28)24(30-14-17)34-9-5-19(6-10-34)29-7-11-35/h12-14,16,19,29,35H,3-11,15H2,1-2H3,(H,31,32,36). The summed E-state index contributed by atoms with van der Waals surface area (Å²) >= 11 is 15.8. The molecule has 3 aromatic heterocycles. The maximum Gasteiger partial charge on any atom is 0.259 e. The SMILES string of the molecule is CCCCN(C)Cc1sc(NC(=O)c2cnc(N3CCC(NCCO)CC3)c(Cl)c2)nc1-c1cc(Cl)cs1. The summed E-state index contributed by atoms with van der Waals surface area (Å²) in [6, 6.07) is 3.96. The molecule has 206 valence electrons. The molecule has 0 aliphatic carbocycles. The number of nitrogens with zero attached hydrogens (tertiary/aromatic N) is 4. The van der Waals surface area contributed by atoms with Crippen LogP contribution in [0, 0.1) is 0 Å². The first-order valence-electron chi connectivity index (χ1n) is 12.9. The van der Waals surface area contributed by atoms with E-state index in [9.17, 15) is 4.79 Å². The molecule has 0 saturated carbocycles. The van der Waals surface area contributed by atoms with Gasteiger partial charge in [0.25, 0.3) is 5.91 Å². The molecule has 0 atom stereocenters. The molecule has 12 heteroatoms. The van der Waals surface area contributed by atoms with Crippen molar-refractivity contribution in [2.45, 2.75) is 45.2 Å². The van der Waals surface area contributed by atoms with E-state index in [1.807, 2.05) is 11.4 Å². The summed E-state index contributed by atoms with van der Waals surface area (Å²) in [7, 11) is 2.10. The van der Waals surface area contributed by atoms with Crippen molar-refractivity contribution in [1.82, 2.24) is 20.2 Å². The summed E-state index contributed by atoms with van der Waals surface area (Å²) < 4.78 is 0. The minimum atomic E-state index is -0.298. The second-order valence-corrected chi connectivity index (χ2v) is 12.3. The van der Waals surface area contributed by atoms with Crippen molar-refractivity contribution in [2.75, 3.05) is 50.1 Å². The number of pyridine rings is 1. The number of nitrogens with one attached hydrogen (secondary N) is 2. The van der Waals surface area contributed by atoms with Gasteiger partial charge in [0.05, 0.1) is 32.8 Å². The van der Waals surface area contributed by atoms with Gasteiger partial charge in [-0.1, -0.05) is 47.9 Å². The highest BCUT2D eigenvalue weighted by molar-refractivity contribution is 7.17. The Morgan fingerprint density at radius 3 is 2.74 bits per heavy atom. The Kier molecular flexibility index (Phi) is 10.8. The van der Waals surface area contributed by atoms with Gasteiger partial charge in [-0.25, -0.2) is 9.97 Å². The number of carbonyl (C=O) groups excluding carboxylic acids is 1. The van der Waals surface area contributed by atoms with E-state index in [1.165, 1.54) is 11.3 Å². The Morgan fingerprint density at radius 1 is 1.29 bits per heavy atom. The van der Waals surface area contributed by atoms with Crippen LogP contribution in [0.5, 0.6) is 0 Å². The molecule has 1 fully saturated rings. The first-order valence-corrected chi connectivity index (χ1v) is 15.3. The number of anilines is 2. The van der Waals surface area contributed by atoms with Crippen molar-refractivity contribution in [2.24, 2.45) is 0 Å². The van der Waals surface area contributed by atoms with Crippen LogP contribution in [0.25, 0.3) is 10.6 Å². The maximum atomic E-state index is 13.1. The van der Waals surface area contributed by atoms with E-state index >= 15 is 0 Å². The van der Waals surface area contributed by atoms with Crippen LogP contribution >= 0.6 is 45.9 Å². The lowest BCUT2D eigenvalue weighted by Gasteiger charge is -2.33. The maximum absolute atomic E-state index is 13.1. The van der Waals surface area contributed by atoms with Crippen molar-refractivity contribution in [3.63, 3.8) is 0 Å². The van der Waals surface area contributed by atoms with E-state index in [4.69, 9.17) is 33.3 Å². The number of hydrogen-bond donors (Lipinski definition) is 3. The number of unbranched alkanes of at least 4 members (excludes halogenated alkanes) is 1. The molecule has 0 bridgehead atoms. The minimum absolute atomic E-state index is 0.138. The Morgan fingerprint density at radius 2 is 2.08 bits per heavy atom. The molecule has 4 heterocycles. The van der Waals surface area contributed by atoms with E-state index in [2.05, 4.69) is 39.4 Å². The number of carbonyl (C=O) groups is 1. The van der Waals surface area contributed by atoms with Gasteiger partial charge in [-0.15, -0.1) is 11.3 Å². The number of thiophene rings is 1. The highest BCUT2D eigenvalue weighted by Gasteiger charge is 2.23. The van der Waals surface area contributed by atoms with Gasteiger partial charge in [-0.2, -0.15) is 0 Å². The Labute approximate surface area is 242 Å². The minimum Gasteiger partial charge on any atom is -0.395 e. The highest BCUT2D eigenvalue weighted by atomic mass is 35.5. The van der Waals surface area contributed by atoms with Crippen LogP contribution < -0.4 is 15.5 Å². The van der Waals surface area contributed by atoms with Crippen LogP contribution in [-0.4, -0.2) is 71.8 Å². The molecule has 38 heavy (non-hydrogen) atoms. The third kappa shape index (κ3) is 7.65. The quantitative estimate of drug-likeness (QED) is 0.250. The lowest BCUT2D eigenvalue weighted by atomic mass is 10.0. The molecular weight excluding hydrogens is 563 g/mol. The molecule has 0 spiro atoms. The topological polar surface area (TPSA) is 93.6 Å². The summed E-state index contributed by atoms with van der Waals surface area (Å²) in [5.74, 6) is 0.389. The zero-order chi connectivity index (χ0) is 27.1. The molecule has 3 aromatic rings. The average molecular weight is 598 g/mol. The first kappa shape index (κ1) is 29.2. The molecule has 1 amide bonds. The van der Waals surface area contributed by atoms with Crippen molar-refractivity contribution >= 4 is 62.7 Å². The molecule has 1 aliphatic rings. The first-order chi connectivity index (χ1) is 18.4. The Balaban J connectivity index is 1.45. The lowest BCUT2D eigenvalue weighted by molar-refractivity contribution is 0.102. The van der Waals surface area contributed by atoms with Gasteiger partial charge in [-0.3, -0.25) is 10.1 Å². The monoisotopic (exact) mass is 596 g/mol. The molecule has 1 aliphatic heterocycles. The molecule has 8 nitrogen and oxygen atoms in total. The van der Waals surface area contributed by atoms with Crippen molar-refractivity contribution in [3.8, 4) is 10.6 Å². The molecule has 3 N–H and O–H groups in total. The highest BCUT2D eigenvalue weighted by Crippen LogP contribution is 2.37. The lowest BCUT2D eigenvalue weighted by Crippen LogP contribution is -2.43. The van der Waals surface area contributed by atoms with Crippen LogP contribution in [-0.2, 0) is 6.54 Å². The summed E-state index contributed by atoms with van der Waals surface area (Å²) in [6.07, 6.45) is 5.72. The van der Waals surface area contributed by atoms with Gasteiger partial charge in [0.15, 0.2) is 5.13 Å². The smallest absolute Gasteiger partial charge is 0.259 e. The van der Waals surface area contributed by atoms with Gasteiger partial charge in [-0.05, 0) is 45.0 Å². The number of aliphatic hydroxyl groups is 1. The fraction of sp³-hybridized carbons (Fsp3) is 0.500. The summed E-state index contributed by atoms with van der Waals surface area (Å²) in [5, 5.41) is 18.9. The fourth-order valence-corrected chi connectivity index (χ4v) is 6.91. The zero-order valence-electron chi connectivity index (χ0n) is 21.7. The fourth-order valence-electron chi connectivity index (χ4n) is 4.42. The third-order valence-electron chi connectivity index (χ3n) is 6.45. The van der Waals surface area contributed by atoms with E-state index in [1.54, 1.807) is 23.6 Å². The zero-order valence-corrected chi connectivity index (χ0v) is 24.8. The predicted octanol–water partition coefficient (Wildman–Crippen LogP) is 5.61. The number of aliphatic hydroxyl groups excluding tert-OH is 1. The number of amides is 1. The molecule has 0 aromatic carbocycles. The number of hydrogen-bond acceptors (Lipinski definition) is 9. The average Bonchev–Trinajstić information content (AvgIpc) is 3.51. The molecular formula is C26H34Cl2N6O2S2. The number of thiazole rings is 1. The third-order valence-corrected chi connectivity index (χ3v) is 8.97. The van der Waals surface area contributed by atoms with Gasteiger partial charge in [0.1, 0.15) is 5.82 Å². The summed E-state index contributed by atoms with van der Waals surface area (Å²) in [4.78, 5) is 28.9. The van der Waals surface area contributed by atoms with Crippen LogP contribution in [0.15, 0.2) is 23.7 Å². The molecule has 0 radical (unpaired) electrons. The van der Waals surface area contributed by atoms with Crippen LogP contribution in [0.3, 0.4) is 0 Å². The largest absolute Gasteiger partial charge is 0.395 e. The number of aromatic nitrogens is 2. The summed E-state index contributed by atoms with van der Waals surface area (Å²) in [5.41, 5.74) is 1.24. The second-order valence-electron chi connectivity index (χ2n) is 9.43. The van der Waals surface area contributed by atoms with Gasteiger partial charge >= 0.3 is 0 Å². The normalized spacial score (nSPS) is 14.4. The van der Waals surface area contributed by atoms with E-state index in [0.717, 1.165) is 67.3 Å². The predicted molar refractivity (Wildman–Crippen MR) is 159 cm³/mol. The number of halogens is 2. The van der Waals surface area contributed by atoms with Gasteiger partial charge in [0.2, 0.25) is 0 Å². The molecule has 0 unspecified atom stereocenters. The van der Waals surface area contributed by atoms with Gasteiger partial charge in [0, 0.05) is 48.7 Å². The van der Waals surface area contributed by atoms with Crippen molar-refractivity contribution in [1.29, 1.82) is 0 Å². The summed E-state index contributed by atoms with van der Waals surface area (Å²) in [6.45, 7) is 6.28. The van der Waals surface area contributed by atoms with E-state index < -0.39 is 0 Å². The van der Waals surface area contributed by atoms with E-state index in [-0.39, 0.29) is 12.5 Å². The van der Waals surface area contributed by atoms with Gasteiger partial charge < -0.3 is 20.2 Å². The van der Waals surface area contributed by atoms with E-state index in [0.29, 0.717) is 39.1 Å². The van der Waals surface area contributed by atoms with Crippen molar-refractivity contribution < 1.29 is 9.90 Å². The molecule has 4 rings (SSSR count). The Bertz CT molecular complexity index is 1210. The van der Waals surface area contributed by atoms with Crippen LogP contribution in [0.4, 0.5) is 10.9 Å². The number of piperidine rings is 1. The Hall–Kier alpha value is -1.79.